The number of likely N-dealkylation sites (tertiary alicyclic amines) is 1. The summed E-state index contributed by atoms with van der Waals surface area (Å²) in [6.45, 7) is 9.37. The molecular weight excluding hydrogens is 224 g/mol. The highest BCUT2D eigenvalue weighted by atomic mass is 16.5. The molecular formula is C15H30N2O. The first-order valence-corrected chi connectivity index (χ1v) is 7.89. The topological polar surface area (TPSA) is 24.5 Å². The fraction of sp³-hybridized carbons (Fsp3) is 1.00. The van der Waals surface area contributed by atoms with Crippen molar-refractivity contribution >= 4 is 0 Å². The highest BCUT2D eigenvalue weighted by Crippen LogP contribution is 2.18. The molecule has 0 aromatic carbocycles. The molecule has 2 rings (SSSR count). The summed E-state index contributed by atoms with van der Waals surface area (Å²) >= 11 is 0. The Morgan fingerprint density at radius 3 is 2.83 bits per heavy atom. The first kappa shape index (κ1) is 14.3. The van der Waals surface area contributed by atoms with Crippen molar-refractivity contribution in [3.8, 4) is 0 Å². The van der Waals surface area contributed by atoms with E-state index in [1.54, 1.807) is 0 Å². The van der Waals surface area contributed by atoms with Crippen molar-refractivity contribution in [1.82, 2.24) is 10.2 Å². The van der Waals surface area contributed by atoms with E-state index in [9.17, 15) is 0 Å². The first-order valence-electron chi connectivity index (χ1n) is 7.89. The Kier molecular flexibility index (Phi) is 5.93. The molecule has 2 aliphatic rings. The van der Waals surface area contributed by atoms with Gasteiger partial charge in [0.25, 0.3) is 0 Å². The van der Waals surface area contributed by atoms with Crippen molar-refractivity contribution in [2.75, 3.05) is 26.2 Å². The number of hydrogen-bond donors (Lipinski definition) is 1. The van der Waals surface area contributed by atoms with Crippen LogP contribution >= 0.6 is 0 Å². The molecule has 0 aromatic rings. The van der Waals surface area contributed by atoms with Crippen LogP contribution in [0.5, 0.6) is 0 Å². The molecule has 1 N–H and O–H groups in total. The SMILES string of the molecule is CCCN1CCCC(NC(C)C2CCCO2)CC1. The minimum absolute atomic E-state index is 0.458. The molecule has 3 heteroatoms. The van der Waals surface area contributed by atoms with Crippen molar-refractivity contribution in [3.05, 3.63) is 0 Å². The van der Waals surface area contributed by atoms with Crippen LogP contribution in [0.4, 0.5) is 0 Å². The second-order valence-electron chi connectivity index (χ2n) is 5.98. The van der Waals surface area contributed by atoms with Gasteiger partial charge in [0.2, 0.25) is 0 Å². The Labute approximate surface area is 112 Å². The Morgan fingerprint density at radius 2 is 2.11 bits per heavy atom. The molecule has 0 aromatic heterocycles. The minimum Gasteiger partial charge on any atom is -0.377 e. The van der Waals surface area contributed by atoms with Crippen LogP contribution in [0.25, 0.3) is 0 Å². The fourth-order valence-electron chi connectivity index (χ4n) is 3.34. The van der Waals surface area contributed by atoms with Gasteiger partial charge in [0, 0.05) is 18.7 Å². The van der Waals surface area contributed by atoms with Gasteiger partial charge in [-0.1, -0.05) is 6.92 Å². The summed E-state index contributed by atoms with van der Waals surface area (Å²) in [5.41, 5.74) is 0. The van der Waals surface area contributed by atoms with Crippen molar-refractivity contribution < 1.29 is 4.74 Å². The monoisotopic (exact) mass is 254 g/mol. The summed E-state index contributed by atoms with van der Waals surface area (Å²) in [6, 6.07) is 1.22. The van der Waals surface area contributed by atoms with Crippen LogP contribution in [-0.4, -0.2) is 49.3 Å². The zero-order valence-electron chi connectivity index (χ0n) is 12.2. The number of nitrogens with one attached hydrogen (secondary N) is 1. The molecule has 3 nitrogen and oxygen atoms in total. The van der Waals surface area contributed by atoms with Gasteiger partial charge in [-0.25, -0.2) is 0 Å². The van der Waals surface area contributed by atoms with Gasteiger partial charge in [0.1, 0.15) is 0 Å². The smallest absolute Gasteiger partial charge is 0.0726 e. The molecule has 2 heterocycles. The third kappa shape index (κ3) is 4.22. The van der Waals surface area contributed by atoms with Gasteiger partial charge in [0.05, 0.1) is 6.10 Å². The molecule has 106 valence electrons. The van der Waals surface area contributed by atoms with Crippen LogP contribution in [-0.2, 0) is 4.74 Å². The van der Waals surface area contributed by atoms with Crippen LogP contribution in [0.2, 0.25) is 0 Å². The van der Waals surface area contributed by atoms with E-state index in [1.807, 2.05) is 0 Å². The Morgan fingerprint density at radius 1 is 1.22 bits per heavy atom. The summed E-state index contributed by atoms with van der Waals surface area (Å²) < 4.78 is 5.77. The lowest BCUT2D eigenvalue weighted by atomic mass is 10.0. The molecule has 0 bridgehead atoms. The van der Waals surface area contributed by atoms with E-state index in [0.717, 1.165) is 6.61 Å². The highest BCUT2D eigenvalue weighted by Gasteiger charge is 2.25. The molecule has 18 heavy (non-hydrogen) atoms. The van der Waals surface area contributed by atoms with Crippen LogP contribution in [0, 0.1) is 0 Å². The molecule has 2 saturated heterocycles. The van der Waals surface area contributed by atoms with Gasteiger partial charge < -0.3 is 15.0 Å². The molecule has 0 amide bonds. The second kappa shape index (κ2) is 7.46. The third-order valence-electron chi connectivity index (χ3n) is 4.38. The van der Waals surface area contributed by atoms with Gasteiger partial charge in [0.15, 0.2) is 0 Å². The molecule has 3 atom stereocenters. The summed E-state index contributed by atoms with van der Waals surface area (Å²) in [6.07, 6.45) is 8.20. The normalized spacial score (nSPS) is 32.3. The van der Waals surface area contributed by atoms with Gasteiger partial charge in [-0.2, -0.15) is 0 Å². The van der Waals surface area contributed by atoms with Crippen molar-refractivity contribution in [3.63, 3.8) is 0 Å². The summed E-state index contributed by atoms with van der Waals surface area (Å²) in [5, 5.41) is 3.81. The molecule has 0 radical (unpaired) electrons. The van der Waals surface area contributed by atoms with Crippen molar-refractivity contribution in [1.29, 1.82) is 0 Å². The number of rotatable bonds is 5. The predicted octanol–water partition coefficient (Wildman–Crippen LogP) is 2.41. The molecule has 3 unspecified atom stereocenters. The highest BCUT2D eigenvalue weighted by molar-refractivity contribution is 4.82. The van der Waals surface area contributed by atoms with Crippen LogP contribution in [0.3, 0.4) is 0 Å². The maximum atomic E-state index is 5.77. The van der Waals surface area contributed by atoms with Crippen molar-refractivity contribution in [2.45, 2.75) is 70.6 Å². The third-order valence-corrected chi connectivity index (χ3v) is 4.38. The van der Waals surface area contributed by atoms with E-state index in [0.29, 0.717) is 18.2 Å². The predicted molar refractivity (Wildman–Crippen MR) is 75.9 cm³/mol. The zero-order valence-corrected chi connectivity index (χ0v) is 12.2. The summed E-state index contributed by atoms with van der Waals surface area (Å²) in [5.74, 6) is 0. The lowest BCUT2D eigenvalue weighted by Gasteiger charge is -2.26. The van der Waals surface area contributed by atoms with Crippen LogP contribution < -0.4 is 5.32 Å². The summed E-state index contributed by atoms with van der Waals surface area (Å²) in [4.78, 5) is 2.62. The lowest BCUT2D eigenvalue weighted by Crippen LogP contribution is -2.43. The molecule has 2 fully saturated rings. The number of hydrogen-bond acceptors (Lipinski definition) is 3. The van der Waals surface area contributed by atoms with Crippen molar-refractivity contribution in [2.24, 2.45) is 0 Å². The van der Waals surface area contributed by atoms with Crippen LogP contribution in [0.15, 0.2) is 0 Å². The molecule has 0 spiro atoms. The van der Waals surface area contributed by atoms with E-state index in [2.05, 4.69) is 24.1 Å². The first-order chi connectivity index (χ1) is 8.79. The number of nitrogens with zero attached hydrogens (tertiary/aromatic N) is 1. The zero-order chi connectivity index (χ0) is 12.8. The van der Waals surface area contributed by atoms with E-state index < -0.39 is 0 Å². The molecule has 2 aliphatic heterocycles. The van der Waals surface area contributed by atoms with E-state index in [4.69, 9.17) is 4.74 Å². The average molecular weight is 254 g/mol. The second-order valence-corrected chi connectivity index (χ2v) is 5.98. The van der Waals surface area contributed by atoms with Gasteiger partial charge in [-0.15, -0.1) is 0 Å². The maximum absolute atomic E-state index is 5.77. The quantitative estimate of drug-likeness (QED) is 0.815. The standard InChI is InChI=1S/C15H30N2O/c1-3-9-17-10-4-6-14(8-11-17)16-13(2)15-7-5-12-18-15/h13-16H,3-12H2,1-2H3. The van der Waals surface area contributed by atoms with Gasteiger partial charge in [-0.3, -0.25) is 0 Å². The Hall–Kier alpha value is -0.120. The number of ether oxygens (including phenoxy) is 1. The minimum atomic E-state index is 0.458. The van der Waals surface area contributed by atoms with Gasteiger partial charge in [-0.05, 0) is 65.1 Å². The van der Waals surface area contributed by atoms with E-state index >= 15 is 0 Å². The molecule has 0 aliphatic carbocycles. The van der Waals surface area contributed by atoms with E-state index in [1.165, 1.54) is 58.2 Å². The Bertz CT molecular complexity index is 229. The van der Waals surface area contributed by atoms with Gasteiger partial charge >= 0.3 is 0 Å². The lowest BCUT2D eigenvalue weighted by molar-refractivity contribution is 0.0788. The fourth-order valence-corrected chi connectivity index (χ4v) is 3.34. The van der Waals surface area contributed by atoms with Crippen LogP contribution in [0.1, 0.15) is 52.4 Å². The van der Waals surface area contributed by atoms with E-state index in [-0.39, 0.29) is 0 Å². The molecule has 0 saturated carbocycles. The largest absolute Gasteiger partial charge is 0.377 e. The Balaban J connectivity index is 1.72. The summed E-state index contributed by atoms with van der Waals surface area (Å²) in [7, 11) is 0. The maximum Gasteiger partial charge on any atom is 0.0726 e. The average Bonchev–Trinajstić information content (AvgIpc) is 2.81.